The van der Waals surface area contributed by atoms with Gasteiger partial charge < -0.3 is 9.50 Å². The molecule has 132 valence electrons. The number of carbonyl (C=O) groups excluding carboxylic acids is 1. The summed E-state index contributed by atoms with van der Waals surface area (Å²) in [6.07, 6.45) is 1.97. The van der Waals surface area contributed by atoms with Gasteiger partial charge in [0.15, 0.2) is 0 Å². The Morgan fingerprint density at radius 1 is 1.08 bits per heavy atom. The molecule has 0 atom stereocenters. The van der Waals surface area contributed by atoms with Crippen molar-refractivity contribution >= 4 is 21.8 Å². The highest BCUT2D eigenvalue weighted by Gasteiger charge is 2.22. The summed E-state index contributed by atoms with van der Waals surface area (Å²) in [5, 5.41) is 2.70. The number of hydrogen-bond acceptors (Lipinski definition) is 4. The molecule has 3 rings (SSSR count). The molecule has 1 heterocycles. The first kappa shape index (κ1) is 17.3. The average molecular weight is 360 g/mol. The maximum atomic E-state index is 12.4. The number of rotatable bonds is 6. The quantitative estimate of drug-likeness (QED) is 0.804. The van der Waals surface area contributed by atoms with Crippen molar-refractivity contribution in [3.63, 3.8) is 0 Å². The van der Waals surface area contributed by atoms with Gasteiger partial charge in [0.1, 0.15) is 10.6 Å². The van der Waals surface area contributed by atoms with Crippen LogP contribution in [0.25, 0.3) is 0 Å². The summed E-state index contributed by atoms with van der Waals surface area (Å²) in [4.78, 5) is 13.3. The minimum atomic E-state index is -3.91. The average Bonchev–Trinajstić information content (AvgIpc) is 3.03. The van der Waals surface area contributed by atoms with E-state index in [4.69, 9.17) is 4.18 Å². The second-order valence-electron chi connectivity index (χ2n) is 5.81. The summed E-state index contributed by atoms with van der Waals surface area (Å²) >= 11 is 0. The number of amides is 2. The minimum Gasteiger partial charge on any atom is -0.379 e. The van der Waals surface area contributed by atoms with Gasteiger partial charge in [0, 0.05) is 18.8 Å². The summed E-state index contributed by atoms with van der Waals surface area (Å²) in [6, 6.07) is 13.0. The van der Waals surface area contributed by atoms with E-state index in [0.29, 0.717) is 18.8 Å². The van der Waals surface area contributed by atoms with Gasteiger partial charge in [-0.05, 0) is 48.4 Å². The van der Waals surface area contributed by atoms with Crippen LogP contribution in [-0.2, 0) is 16.5 Å². The lowest BCUT2D eigenvalue weighted by Gasteiger charge is -2.14. The van der Waals surface area contributed by atoms with Crippen LogP contribution in [0.4, 0.5) is 10.5 Å². The fourth-order valence-electron chi connectivity index (χ4n) is 2.69. The molecular weight excluding hydrogens is 340 g/mol. The van der Waals surface area contributed by atoms with Gasteiger partial charge in [0.05, 0.1) is 0 Å². The van der Waals surface area contributed by atoms with Crippen molar-refractivity contribution in [2.24, 2.45) is 0 Å². The van der Waals surface area contributed by atoms with Gasteiger partial charge in [-0.25, -0.2) is 4.79 Å². The Labute approximate surface area is 147 Å². The Morgan fingerprint density at radius 3 is 2.32 bits per heavy atom. The molecule has 0 bridgehead atoms. The van der Waals surface area contributed by atoms with Crippen LogP contribution in [0.3, 0.4) is 0 Å². The van der Waals surface area contributed by atoms with Gasteiger partial charge in [-0.1, -0.05) is 25.5 Å². The second-order valence-corrected chi connectivity index (χ2v) is 7.36. The first-order chi connectivity index (χ1) is 12.0. The van der Waals surface area contributed by atoms with Crippen molar-refractivity contribution in [1.82, 2.24) is 5.32 Å². The maximum absolute atomic E-state index is 12.4. The van der Waals surface area contributed by atoms with E-state index in [-0.39, 0.29) is 16.7 Å². The molecule has 2 aromatic carbocycles. The Balaban J connectivity index is 1.74. The van der Waals surface area contributed by atoms with Crippen molar-refractivity contribution in [2.75, 3.05) is 18.0 Å². The molecule has 0 unspecified atom stereocenters. The maximum Gasteiger partial charge on any atom is 0.339 e. The Bertz CT molecular complexity index is 846. The number of carbonyl (C=O) groups is 1. The summed E-state index contributed by atoms with van der Waals surface area (Å²) in [7, 11) is -3.91. The molecule has 0 aliphatic carbocycles. The zero-order valence-electron chi connectivity index (χ0n) is 13.9. The van der Waals surface area contributed by atoms with Gasteiger partial charge in [0.2, 0.25) is 0 Å². The molecule has 6 nitrogen and oxygen atoms in total. The molecule has 1 aliphatic heterocycles. The van der Waals surface area contributed by atoms with Crippen molar-refractivity contribution in [2.45, 2.75) is 24.7 Å². The highest BCUT2D eigenvalue weighted by atomic mass is 32.2. The number of anilines is 1. The summed E-state index contributed by atoms with van der Waals surface area (Å²) < 4.78 is 30.0. The number of hydrogen-bond donors (Lipinski definition) is 1. The lowest BCUT2D eigenvalue weighted by Crippen LogP contribution is -2.27. The standard InChI is InChI=1S/C18H20N2O4S/c1-2-3-14-4-8-16(9-5-14)24-25(22,23)17-10-6-15(7-11-17)20-13-12-19-18(20)21/h4-11H,2-3,12-13H2,1H3,(H,19,21). The third-order valence-electron chi connectivity index (χ3n) is 3.96. The smallest absolute Gasteiger partial charge is 0.339 e. The lowest BCUT2D eigenvalue weighted by molar-refractivity contribution is 0.252. The molecule has 2 aromatic rings. The number of aryl methyl sites for hydroxylation is 1. The molecular formula is C18H20N2O4S. The van der Waals surface area contributed by atoms with E-state index in [1.54, 1.807) is 29.2 Å². The number of urea groups is 1. The molecule has 25 heavy (non-hydrogen) atoms. The zero-order chi connectivity index (χ0) is 17.9. The van der Waals surface area contributed by atoms with E-state index in [9.17, 15) is 13.2 Å². The number of nitrogens with one attached hydrogen (secondary N) is 1. The SMILES string of the molecule is CCCc1ccc(OS(=O)(=O)c2ccc(N3CCNC3=O)cc2)cc1. The number of benzene rings is 2. The van der Waals surface area contributed by atoms with E-state index >= 15 is 0 Å². The van der Waals surface area contributed by atoms with Crippen LogP contribution in [0.15, 0.2) is 53.4 Å². The predicted octanol–water partition coefficient (Wildman–Crippen LogP) is 2.94. The molecule has 1 saturated heterocycles. The molecule has 1 N–H and O–H groups in total. The van der Waals surface area contributed by atoms with Gasteiger partial charge in [-0.15, -0.1) is 0 Å². The van der Waals surface area contributed by atoms with Gasteiger partial charge >= 0.3 is 16.1 Å². The molecule has 0 radical (unpaired) electrons. The Morgan fingerprint density at radius 2 is 1.76 bits per heavy atom. The molecule has 2 amide bonds. The predicted molar refractivity (Wildman–Crippen MR) is 95.4 cm³/mol. The lowest BCUT2D eigenvalue weighted by atomic mass is 10.1. The molecule has 0 saturated carbocycles. The van der Waals surface area contributed by atoms with Crippen LogP contribution in [0, 0.1) is 0 Å². The highest BCUT2D eigenvalue weighted by molar-refractivity contribution is 7.87. The second kappa shape index (κ2) is 7.14. The number of nitrogens with zero attached hydrogens (tertiary/aromatic N) is 1. The Kier molecular flexibility index (Phi) is 4.94. The molecule has 7 heteroatoms. The third kappa shape index (κ3) is 3.93. The zero-order valence-corrected chi connectivity index (χ0v) is 14.8. The van der Waals surface area contributed by atoms with E-state index in [1.807, 2.05) is 12.1 Å². The van der Waals surface area contributed by atoms with Crippen LogP contribution in [0.1, 0.15) is 18.9 Å². The van der Waals surface area contributed by atoms with Crippen LogP contribution in [-0.4, -0.2) is 27.5 Å². The molecule has 0 spiro atoms. The van der Waals surface area contributed by atoms with E-state index in [1.165, 1.54) is 12.1 Å². The summed E-state index contributed by atoms with van der Waals surface area (Å²) in [5.74, 6) is 0.280. The van der Waals surface area contributed by atoms with Crippen molar-refractivity contribution in [3.8, 4) is 5.75 Å². The third-order valence-corrected chi connectivity index (χ3v) is 5.22. The van der Waals surface area contributed by atoms with E-state index in [0.717, 1.165) is 18.4 Å². The van der Waals surface area contributed by atoms with E-state index in [2.05, 4.69) is 12.2 Å². The minimum absolute atomic E-state index is 0.0495. The first-order valence-corrected chi connectivity index (χ1v) is 9.59. The molecule has 0 aromatic heterocycles. The fraction of sp³-hybridized carbons (Fsp3) is 0.278. The van der Waals surface area contributed by atoms with Crippen LogP contribution in [0.5, 0.6) is 5.75 Å². The summed E-state index contributed by atoms with van der Waals surface area (Å²) in [5.41, 5.74) is 1.79. The van der Waals surface area contributed by atoms with E-state index < -0.39 is 10.1 Å². The van der Waals surface area contributed by atoms with Crippen molar-refractivity contribution < 1.29 is 17.4 Å². The van der Waals surface area contributed by atoms with Gasteiger partial charge in [-0.3, -0.25) is 4.90 Å². The largest absolute Gasteiger partial charge is 0.379 e. The monoisotopic (exact) mass is 360 g/mol. The fourth-order valence-corrected chi connectivity index (χ4v) is 3.62. The van der Waals surface area contributed by atoms with Crippen LogP contribution in [0.2, 0.25) is 0 Å². The van der Waals surface area contributed by atoms with Gasteiger partial charge in [-0.2, -0.15) is 8.42 Å². The van der Waals surface area contributed by atoms with Gasteiger partial charge in [0.25, 0.3) is 0 Å². The van der Waals surface area contributed by atoms with Crippen molar-refractivity contribution in [3.05, 3.63) is 54.1 Å². The Hall–Kier alpha value is -2.54. The van der Waals surface area contributed by atoms with Crippen molar-refractivity contribution in [1.29, 1.82) is 0 Å². The highest BCUT2D eigenvalue weighted by Crippen LogP contribution is 2.23. The molecule has 1 fully saturated rings. The normalized spacial score (nSPS) is 14.4. The summed E-state index contributed by atoms with van der Waals surface area (Å²) in [6.45, 7) is 3.23. The molecule has 1 aliphatic rings. The topological polar surface area (TPSA) is 75.7 Å². The van der Waals surface area contributed by atoms with Crippen LogP contribution < -0.4 is 14.4 Å². The first-order valence-electron chi connectivity index (χ1n) is 8.18. The van der Waals surface area contributed by atoms with Crippen LogP contribution >= 0.6 is 0 Å².